The average molecular weight is 308 g/mol. The van der Waals surface area contributed by atoms with Crippen LogP contribution >= 0.6 is 24.8 Å². The van der Waals surface area contributed by atoms with Crippen LogP contribution in [0.1, 0.15) is 18.0 Å². The number of hydrogen-bond donors (Lipinski definition) is 1. The third-order valence-corrected chi connectivity index (χ3v) is 3.13. The minimum absolute atomic E-state index is 0. The van der Waals surface area contributed by atoms with E-state index in [4.69, 9.17) is 0 Å². The van der Waals surface area contributed by atoms with Crippen LogP contribution < -0.4 is 5.32 Å². The molecule has 0 spiro atoms. The van der Waals surface area contributed by atoms with Gasteiger partial charge in [-0.05, 0) is 12.5 Å². The first kappa shape index (κ1) is 18.3. The normalized spacial score (nSPS) is 16.9. The minimum Gasteiger partial charge on any atom is -0.314 e. The zero-order chi connectivity index (χ0) is 12.1. The molecule has 1 saturated heterocycles. The van der Waals surface area contributed by atoms with Crippen LogP contribution in [0.3, 0.4) is 0 Å². The Hall–Kier alpha value is -0.680. The standard InChI is InChI=1S/C13H18FN3.2ClH/c1-2-4-12(17-9-7-15-8-10-17)11-5-3-6-16-13(11)14;;/h2-3,5-6,12,15H,1,4,7-10H2;2*1H/t12-;;/m1../s1. The van der Waals surface area contributed by atoms with Gasteiger partial charge in [-0.15, -0.1) is 31.4 Å². The zero-order valence-electron chi connectivity index (χ0n) is 10.7. The molecular formula is C13H20Cl2FN3. The molecule has 19 heavy (non-hydrogen) atoms. The topological polar surface area (TPSA) is 28.2 Å². The molecule has 0 aliphatic carbocycles. The van der Waals surface area contributed by atoms with Crippen molar-refractivity contribution in [2.75, 3.05) is 26.2 Å². The van der Waals surface area contributed by atoms with E-state index in [1.54, 1.807) is 6.07 Å². The molecule has 2 heterocycles. The maximum Gasteiger partial charge on any atom is 0.217 e. The summed E-state index contributed by atoms with van der Waals surface area (Å²) in [5.74, 6) is -0.363. The van der Waals surface area contributed by atoms with Gasteiger partial charge in [-0.1, -0.05) is 12.1 Å². The second-order valence-corrected chi connectivity index (χ2v) is 4.21. The third-order valence-electron chi connectivity index (χ3n) is 3.13. The second kappa shape index (κ2) is 9.26. The molecule has 6 heteroatoms. The fourth-order valence-electron chi connectivity index (χ4n) is 2.27. The molecule has 1 fully saturated rings. The molecule has 0 radical (unpaired) electrons. The maximum absolute atomic E-state index is 13.7. The number of hydrogen-bond acceptors (Lipinski definition) is 3. The average Bonchev–Trinajstić information content (AvgIpc) is 2.38. The number of pyridine rings is 1. The SMILES string of the molecule is C=CC[C@H](c1cccnc1F)N1CCNCC1.Cl.Cl. The molecule has 1 aliphatic rings. The third kappa shape index (κ3) is 4.73. The van der Waals surface area contributed by atoms with E-state index < -0.39 is 0 Å². The molecular weight excluding hydrogens is 288 g/mol. The molecule has 2 rings (SSSR count). The van der Waals surface area contributed by atoms with Crippen molar-refractivity contribution < 1.29 is 4.39 Å². The van der Waals surface area contributed by atoms with Gasteiger partial charge in [-0.2, -0.15) is 4.39 Å². The molecule has 1 atom stereocenters. The molecule has 0 unspecified atom stereocenters. The molecule has 108 valence electrons. The quantitative estimate of drug-likeness (QED) is 0.684. The van der Waals surface area contributed by atoms with E-state index in [-0.39, 0.29) is 36.8 Å². The second-order valence-electron chi connectivity index (χ2n) is 4.21. The van der Waals surface area contributed by atoms with Gasteiger partial charge in [-0.25, -0.2) is 4.98 Å². The number of rotatable bonds is 4. The number of halogens is 3. The molecule has 0 aromatic carbocycles. The maximum atomic E-state index is 13.7. The van der Waals surface area contributed by atoms with E-state index in [2.05, 4.69) is 21.8 Å². The van der Waals surface area contributed by atoms with E-state index >= 15 is 0 Å². The molecule has 0 bridgehead atoms. The van der Waals surface area contributed by atoms with Gasteiger partial charge in [0, 0.05) is 44.0 Å². The minimum atomic E-state index is -0.363. The molecule has 1 aliphatic heterocycles. The van der Waals surface area contributed by atoms with Crippen molar-refractivity contribution in [3.8, 4) is 0 Å². The first-order valence-electron chi connectivity index (χ1n) is 5.99. The fraction of sp³-hybridized carbons (Fsp3) is 0.462. The van der Waals surface area contributed by atoms with Crippen molar-refractivity contribution in [3.63, 3.8) is 0 Å². The Bertz CT molecular complexity index is 384. The number of nitrogens with zero attached hydrogens (tertiary/aromatic N) is 2. The van der Waals surface area contributed by atoms with Crippen LogP contribution in [0.5, 0.6) is 0 Å². The summed E-state index contributed by atoms with van der Waals surface area (Å²) < 4.78 is 13.7. The summed E-state index contributed by atoms with van der Waals surface area (Å²) >= 11 is 0. The number of piperazine rings is 1. The Labute approximate surface area is 126 Å². The Kier molecular flexibility index (Phi) is 8.93. The predicted octanol–water partition coefficient (Wildman–Crippen LogP) is 2.59. The van der Waals surface area contributed by atoms with Crippen molar-refractivity contribution in [1.82, 2.24) is 15.2 Å². The predicted molar refractivity (Wildman–Crippen MR) is 80.7 cm³/mol. The lowest BCUT2D eigenvalue weighted by Crippen LogP contribution is -2.45. The van der Waals surface area contributed by atoms with Gasteiger partial charge in [0.1, 0.15) is 0 Å². The molecule has 1 aromatic rings. The van der Waals surface area contributed by atoms with Crippen LogP contribution in [-0.4, -0.2) is 36.1 Å². The highest BCUT2D eigenvalue weighted by molar-refractivity contribution is 5.85. The molecule has 1 aromatic heterocycles. The van der Waals surface area contributed by atoms with Crippen LogP contribution in [0.25, 0.3) is 0 Å². The van der Waals surface area contributed by atoms with Gasteiger partial charge in [0.15, 0.2) is 0 Å². The van der Waals surface area contributed by atoms with Crippen LogP contribution in [-0.2, 0) is 0 Å². The van der Waals surface area contributed by atoms with Crippen molar-refractivity contribution >= 4 is 24.8 Å². The summed E-state index contributed by atoms with van der Waals surface area (Å²) in [4.78, 5) is 6.02. The van der Waals surface area contributed by atoms with E-state index in [9.17, 15) is 4.39 Å². The Balaban J connectivity index is 0.00000162. The first-order chi connectivity index (χ1) is 8.33. The van der Waals surface area contributed by atoms with E-state index in [1.807, 2.05) is 12.1 Å². The van der Waals surface area contributed by atoms with Gasteiger partial charge >= 0.3 is 0 Å². The fourth-order valence-corrected chi connectivity index (χ4v) is 2.27. The summed E-state index contributed by atoms with van der Waals surface area (Å²) in [6.45, 7) is 7.55. The highest BCUT2D eigenvalue weighted by Crippen LogP contribution is 2.26. The first-order valence-corrected chi connectivity index (χ1v) is 5.99. The van der Waals surface area contributed by atoms with Crippen LogP contribution in [0, 0.1) is 5.95 Å². The summed E-state index contributed by atoms with van der Waals surface area (Å²) in [6, 6.07) is 3.66. The lowest BCUT2D eigenvalue weighted by molar-refractivity contribution is 0.170. The van der Waals surface area contributed by atoms with Gasteiger partial charge < -0.3 is 5.32 Å². The van der Waals surface area contributed by atoms with Crippen molar-refractivity contribution in [1.29, 1.82) is 0 Å². The monoisotopic (exact) mass is 307 g/mol. The molecule has 1 N–H and O–H groups in total. The zero-order valence-corrected chi connectivity index (χ0v) is 12.4. The van der Waals surface area contributed by atoms with Crippen LogP contribution in [0.15, 0.2) is 31.0 Å². The summed E-state index contributed by atoms with van der Waals surface area (Å²) in [5.41, 5.74) is 0.675. The summed E-state index contributed by atoms with van der Waals surface area (Å²) in [5, 5.41) is 3.30. The molecule has 0 amide bonds. The number of nitrogens with one attached hydrogen (secondary N) is 1. The van der Waals surface area contributed by atoms with Gasteiger partial charge in [-0.3, -0.25) is 4.90 Å². The lowest BCUT2D eigenvalue weighted by Gasteiger charge is -2.34. The summed E-state index contributed by atoms with van der Waals surface area (Å²) in [7, 11) is 0. The molecule has 0 saturated carbocycles. The van der Waals surface area contributed by atoms with Gasteiger partial charge in [0.2, 0.25) is 5.95 Å². The van der Waals surface area contributed by atoms with Crippen molar-refractivity contribution in [2.45, 2.75) is 12.5 Å². The van der Waals surface area contributed by atoms with Crippen LogP contribution in [0.4, 0.5) is 4.39 Å². The highest BCUT2D eigenvalue weighted by atomic mass is 35.5. The largest absolute Gasteiger partial charge is 0.314 e. The highest BCUT2D eigenvalue weighted by Gasteiger charge is 2.23. The summed E-state index contributed by atoms with van der Waals surface area (Å²) in [6.07, 6.45) is 4.09. The van der Waals surface area contributed by atoms with E-state index in [0.29, 0.717) is 5.56 Å². The van der Waals surface area contributed by atoms with Crippen molar-refractivity contribution in [2.24, 2.45) is 0 Å². The Morgan fingerprint density at radius 3 is 2.68 bits per heavy atom. The van der Waals surface area contributed by atoms with E-state index in [1.165, 1.54) is 6.20 Å². The number of aromatic nitrogens is 1. The van der Waals surface area contributed by atoms with Crippen LogP contribution in [0.2, 0.25) is 0 Å². The van der Waals surface area contributed by atoms with Gasteiger partial charge in [0.05, 0.1) is 0 Å². The molecule has 3 nitrogen and oxygen atoms in total. The van der Waals surface area contributed by atoms with Crippen molar-refractivity contribution in [3.05, 3.63) is 42.5 Å². The Morgan fingerprint density at radius 2 is 2.11 bits per heavy atom. The smallest absolute Gasteiger partial charge is 0.217 e. The van der Waals surface area contributed by atoms with Gasteiger partial charge in [0.25, 0.3) is 0 Å². The Morgan fingerprint density at radius 1 is 1.42 bits per heavy atom. The lowest BCUT2D eigenvalue weighted by atomic mass is 10.0. The van der Waals surface area contributed by atoms with E-state index in [0.717, 1.165) is 32.6 Å².